The van der Waals surface area contributed by atoms with Crippen LogP contribution in [0.2, 0.25) is 0 Å². The molecule has 5 heteroatoms. The molecule has 0 unspecified atom stereocenters. The maximum absolute atomic E-state index is 10.8. The Morgan fingerprint density at radius 3 is 1.42 bits per heavy atom. The number of benzene rings is 1. The van der Waals surface area contributed by atoms with Crippen LogP contribution in [0.25, 0.3) is 0 Å². The molecule has 31 heavy (non-hydrogen) atoms. The molecule has 0 aliphatic rings. The number of hydrogen-bond donors (Lipinski definition) is 2. The van der Waals surface area contributed by atoms with Crippen molar-refractivity contribution in [1.29, 1.82) is 0 Å². The van der Waals surface area contributed by atoms with Crippen LogP contribution in [0, 0.1) is 0 Å². The summed E-state index contributed by atoms with van der Waals surface area (Å²) in [5.74, 6) is -0.879. The third-order valence-electron chi connectivity index (χ3n) is 5.43. The molecule has 0 aliphatic carbocycles. The fourth-order valence-electron chi connectivity index (χ4n) is 3.52. The smallest absolute Gasteiger partial charge is 0.335 e. The molecule has 0 aliphatic heterocycles. The molecular formula is C26H44NNaO3. The third-order valence-corrected chi connectivity index (χ3v) is 5.78. The van der Waals surface area contributed by atoms with Gasteiger partial charge in [0.05, 0.1) is 5.56 Å². The van der Waals surface area contributed by atoms with Crippen molar-refractivity contribution in [3.63, 3.8) is 0 Å². The second kappa shape index (κ2) is 23.8. The van der Waals surface area contributed by atoms with Crippen molar-refractivity contribution < 1.29 is 14.7 Å². The molecule has 0 fully saturated rings. The Bertz CT molecular complexity index is 537. The summed E-state index contributed by atoms with van der Waals surface area (Å²) in [6.45, 7) is 3.17. The minimum atomic E-state index is -0.879. The van der Waals surface area contributed by atoms with Gasteiger partial charge in [-0.3, -0.25) is 0 Å². The number of unbranched alkanes of at least 4 members (excludes halogenated alkanes) is 15. The van der Waals surface area contributed by atoms with E-state index in [4.69, 9.17) is 5.11 Å². The first-order valence-electron chi connectivity index (χ1n) is 12.6. The normalized spacial score (nSPS) is 10.3. The van der Waals surface area contributed by atoms with Crippen molar-refractivity contribution in [2.24, 2.45) is 0 Å². The molecule has 172 valence electrons. The summed E-state index contributed by atoms with van der Waals surface area (Å²) < 4.78 is 0.237. The van der Waals surface area contributed by atoms with Crippen LogP contribution in [0.5, 0.6) is 0 Å². The zero-order valence-corrected chi connectivity index (χ0v) is 22.2. The molecule has 1 rings (SSSR count). The van der Waals surface area contributed by atoms with Crippen LogP contribution in [0.15, 0.2) is 30.3 Å². The van der Waals surface area contributed by atoms with Crippen LogP contribution in [-0.2, 0) is 0 Å². The summed E-state index contributed by atoms with van der Waals surface area (Å²) in [6, 6.07) is 8.30. The maximum atomic E-state index is 10.8. The van der Waals surface area contributed by atoms with Gasteiger partial charge < -0.3 is 5.11 Å². The molecule has 0 heterocycles. The molecule has 1 aromatic rings. The van der Waals surface area contributed by atoms with Gasteiger partial charge in [-0.2, -0.15) is 0 Å². The van der Waals surface area contributed by atoms with E-state index in [9.17, 15) is 9.59 Å². The SMILES string of the molecule is CCCCCCCCCCCCCCCCCCN[C](=O)[Na].O=C(O)c1ccccc1. The Morgan fingerprint density at radius 1 is 0.710 bits per heavy atom. The van der Waals surface area contributed by atoms with Gasteiger partial charge in [-0.05, 0) is 12.1 Å². The average Bonchev–Trinajstić information content (AvgIpc) is 2.76. The zero-order chi connectivity index (χ0) is 23.0. The standard InChI is InChI=1S/C19H38NO.C7H6O2.Na/c1-2-3-4-5-6-7-8-9-10-11-12-13-14-15-16-17-18-20-19-21;8-7(9)6-4-2-1-3-5-6;/h2-18H2,1H3,(H,20,21);1-5H,(H,8,9);. The van der Waals surface area contributed by atoms with Gasteiger partial charge in [0, 0.05) is 0 Å². The molecule has 1 aromatic carbocycles. The predicted octanol–water partition coefficient (Wildman–Crippen LogP) is 7.51. The monoisotopic (exact) mass is 441 g/mol. The molecule has 0 saturated carbocycles. The number of carboxylic acid groups (broad SMARTS) is 1. The molecule has 0 saturated heterocycles. The van der Waals surface area contributed by atoms with E-state index in [-0.39, 0.29) is 3.16 Å². The zero-order valence-electron chi connectivity index (χ0n) is 20.2. The minimum Gasteiger partial charge on any atom is -0.478 e. The third kappa shape index (κ3) is 23.6. The second-order valence-electron chi connectivity index (χ2n) is 8.46. The fraction of sp³-hybridized carbons (Fsp3) is 0.692. The number of carboxylic acids is 1. The molecular weight excluding hydrogens is 397 g/mol. The first kappa shape index (κ1) is 30.2. The van der Waals surface area contributed by atoms with Gasteiger partial charge in [0.25, 0.3) is 0 Å². The number of aromatic carboxylic acids is 1. The van der Waals surface area contributed by atoms with Crippen LogP contribution < -0.4 is 5.32 Å². The van der Waals surface area contributed by atoms with Gasteiger partial charge in [-0.1, -0.05) is 70.1 Å². The van der Waals surface area contributed by atoms with Crippen molar-refractivity contribution in [3.05, 3.63) is 35.9 Å². The van der Waals surface area contributed by atoms with E-state index in [0.29, 0.717) is 33.5 Å². The van der Waals surface area contributed by atoms with Crippen molar-refractivity contribution in [2.75, 3.05) is 6.54 Å². The number of amides is 1. The van der Waals surface area contributed by atoms with E-state index in [1.54, 1.807) is 30.3 Å². The summed E-state index contributed by atoms with van der Waals surface area (Å²) in [6.07, 6.45) is 22.4. The van der Waals surface area contributed by atoms with Crippen LogP contribution >= 0.6 is 0 Å². The average molecular weight is 442 g/mol. The van der Waals surface area contributed by atoms with Gasteiger partial charge in [-0.15, -0.1) is 0 Å². The van der Waals surface area contributed by atoms with E-state index in [1.165, 1.54) is 96.3 Å². The predicted molar refractivity (Wildman–Crippen MR) is 132 cm³/mol. The van der Waals surface area contributed by atoms with E-state index in [2.05, 4.69) is 12.2 Å². The van der Waals surface area contributed by atoms with E-state index >= 15 is 0 Å². The quantitative estimate of drug-likeness (QED) is 0.183. The Balaban J connectivity index is 0.000000823. The summed E-state index contributed by atoms with van der Waals surface area (Å²) in [7, 11) is 0. The second-order valence-corrected chi connectivity index (χ2v) is 9.37. The summed E-state index contributed by atoms with van der Waals surface area (Å²) in [5, 5.41) is 11.3. The van der Waals surface area contributed by atoms with Crippen molar-refractivity contribution in [2.45, 2.75) is 110 Å². The van der Waals surface area contributed by atoms with Gasteiger partial charge >= 0.3 is 112 Å². The molecule has 0 radical (unpaired) electrons. The van der Waals surface area contributed by atoms with Crippen molar-refractivity contribution >= 4 is 37.1 Å². The fourth-order valence-corrected chi connectivity index (χ4v) is 3.77. The molecule has 0 atom stereocenters. The van der Waals surface area contributed by atoms with Crippen LogP contribution in [0.3, 0.4) is 0 Å². The van der Waals surface area contributed by atoms with Gasteiger partial charge in [-0.25, -0.2) is 4.79 Å². The Kier molecular flexibility index (Phi) is 23.2. The minimum absolute atomic E-state index is 0.237. The number of hydrogen-bond acceptors (Lipinski definition) is 2. The first-order valence-corrected chi connectivity index (χ1v) is 13.6. The van der Waals surface area contributed by atoms with Crippen LogP contribution in [-0.4, -0.2) is 48.7 Å². The summed E-state index contributed by atoms with van der Waals surface area (Å²) in [5.41, 5.74) is 0.331. The van der Waals surface area contributed by atoms with Gasteiger partial charge in [0.1, 0.15) is 0 Å². The molecule has 1 amide bonds. The van der Waals surface area contributed by atoms with Gasteiger partial charge in [0.2, 0.25) is 0 Å². The summed E-state index contributed by atoms with van der Waals surface area (Å²) >= 11 is 0.640. The molecule has 0 bridgehead atoms. The number of rotatable bonds is 18. The Labute approximate surface area is 208 Å². The topological polar surface area (TPSA) is 66.4 Å². The largest absolute Gasteiger partial charge is 0.478 e. The number of carbonyl (C=O) groups excluding carboxylic acids is 1. The van der Waals surface area contributed by atoms with E-state index < -0.39 is 5.97 Å². The van der Waals surface area contributed by atoms with E-state index in [1.807, 2.05) is 0 Å². The molecule has 0 spiro atoms. The number of carbonyl (C=O) groups is 2. The Hall–Kier alpha value is -0.840. The maximum Gasteiger partial charge on any atom is 0.335 e. The molecule has 0 aromatic heterocycles. The van der Waals surface area contributed by atoms with E-state index in [0.717, 1.165) is 13.0 Å². The first-order chi connectivity index (χ1) is 15.1. The number of nitrogens with one attached hydrogen (secondary N) is 1. The van der Waals surface area contributed by atoms with Crippen molar-refractivity contribution in [1.82, 2.24) is 5.32 Å². The Morgan fingerprint density at radius 2 is 1.10 bits per heavy atom. The van der Waals surface area contributed by atoms with Crippen LogP contribution in [0.1, 0.15) is 120 Å². The molecule has 2 N–H and O–H groups in total. The summed E-state index contributed by atoms with van der Waals surface area (Å²) in [4.78, 5) is 21.0. The molecule has 4 nitrogen and oxygen atoms in total. The van der Waals surface area contributed by atoms with Crippen LogP contribution in [0.4, 0.5) is 4.79 Å². The van der Waals surface area contributed by atoms with Crippen molar-refractivity contribution in [3.8, 4) is 0 Å². The van der Waals surface area contributed by atoms with Gasteiger partial charge in [0.15, 0.2) is 0 Å².